The van der Waals surface area contributed by atoms with E-state index >= 15 is 0 Å². The summed E-state index contributed by atoms with van der Waals surface area (Å²) >= 11 is 5.94. The zero-order valence-electron chi connectivity index (χ0n) is 11.1. The molecule has 1 atom stereocenters. The molecule has 0 saturated heterocycles. The molecule has 4 heteroatoms. The standard InChI is InChI=1S/C17H13ClFNO/c18-17-11(5-3-7-15(17)19)8-16(21)14-10-20-9-12-4-1-2-6-13(12)14/h1-7,9-10,16,21H,8H2. The molecule has 1 heterocycles. The third kappa shape index (κ3) is 2.75. The fraction of sp³-hybridized carbons (Fsp3) is 0.118. The number of aliphatic hydroxyl groups excluding tert-OH is 1. The van der Waals surface area contributed by atoms with Gasteiger partial charge in [0.25, 0.3) is 0 Å². The van der Waals surface area contributed by atoms with Gasteiger partial charge in [-0.15, -0.1) is 0 Å². The number of hydrogen-bond acceptors (Lipinski definition) is 2. The van der Waals surface area contributed by atoms with Crippen molar-refractivity contribution in [1.29, 1.82) is 0 Å². The summed E-state index contributed by atoms with van der Waals surface area (Å²) in [5, 5.41) is 12.4. The van der Waals surface area contributed by atoms with Crippen LogP contribution in [0.3, 0.4) is 0 Å². The van der Waals surface area contributed by atoms with Gasteiger partial charge in [-0.1, -0.05) is 48.0 Å². The van der Waals surface area contributed by atoms with Gasteiger partial charge in [-0.25, -0.2) is 4.39 Å². The Morgan fingerprint density at radius 1 is 1.10 bits per heavy atom. The topological polar surface area (TPSA) is 33.1 Å². The molecule has 3 aromatic rings. The summed E-state index contributed by atoms with van der Waals surface area (Å²) in [6, 6.07) is 12.3. The lowest BCUT2D eigenvalue weighted by molar-refractivity contribution is 0.179. The molecule has 2 aromatic carbocycles. The Morgan fingerprint density at radius 2 is 1.90 bits per heavy atom. The number of nitrogens with zero attached hydrogens (tertiary/aromatic N) is 1. The Kier molecular flexibility index (Phi) is 3.86. The maximum atomic E-state index is 13.5. The van der Waals surface area contributed by atoms with Gasteiger partial charge in [-0.2, -0.15) is 0 Å². The zero-order chi connectivity index (χ0) is 14.8. The van der Waals surface area contributed by atoms with E-state index in [1.165, 1.54) is 6.07 Å². The molecule has 1 aromatic heterocycles. The van der Waals surface area contributed by atoms with Crippen molar-refractivity contribution in [3.63, 3.8) is 0 Å². The van der Waals surface area contributed by atoms with Gasteiger partial charge in [0.15, 0.2) is 0 Å². The summed E-state index contributed by atoms with van der Waals surface area (Å²) in [6.07, 6.45) is 2.84. The first kappa shape index (κ1) is 14.0. The predicted molar refractivity (Wildman–Crippen MR) is 81.8 cm³/mol. The van der Waals surface area contributed by atoms with Gasteiger partial charge in [0.1, 0.15) is 5.82 Å². The van der Waals surface area contributed by atoms with Crippen LogP contribution in [-0.2, 0) is 6.42 Å². The van der Waals surface area contributed by atoms with E-state index in [9.17, 15) is 9.50 Å². The first-order valence-electron chi connectivity index (χ1n) is 6.60. The number of aromatic nitrogens is 1. The van der Waals surface area contributed by atoms with Gasteiger partial charge in [0.05, 0.1) is 11.1 Å². The van der Waals surface area contributed by atoms with E-state index in [1.54, 1.807) is 24.5 Å². The third-order valence-corrected chi connectivity index (χ3v) is 3.93. The van der Waals surface area contributed by atoms with Crippen LogP contribution in [0.25, 0.3) is 10.8 Å². The fourth-order valence-corrected chi connectivity index (χ4v) is 2.63. The van der Waals surface area contributed by atoms with Crippen molar-refractivity contribution in [2.24, 2.45) is 0 Å². The van der Waals surface area contributed by atoms with E-state index in [4.69, 9.17) is 11.6 Å². The summed E-state index contributed by atoms with van der Waals surface area (Å²) in [5.41, 5.74) is 1.30. The highest BCUT2D eigenvalue weighted by Gasteiger charge is 2.15. The molecule has 106 valence electrons. The molecule has 0 fully saturated rings. The van der Waals surface area contributed by atoms with Crippen LogP contribution in [0, 0.1) is 5.82 Å². The summed E-state index contributed by atoms with van der Waals surface area (Å²) in [4.78, 5) is 4.15. The van der Waals surface area contributed by atoms with Gasteiger partial charge < -0.3 is 5.11 Å². The van der Waals surface area contributed by atoms with Crippen LogP contribution in [0.5, 0.6) is 0 Å². The first-order chi connectivity index (χ1) is 10.2. The average molecular weight is 302 g/mol. The Balaban J connectivity index is 1.97. The van der Waals surface area contributed by atoms with E-state index in [1.807, 2.05) is 24.3 Å². The molecule has 2 nitrogen and oxygen atoms in total. The highest BCUT2D eigenvalue weighted by atomic mass is 35.5. The van der Waals surface area contributed by atoms with Gasteiger partial charge in [0.2, 0.25) is 0 Å². The van der Waals surface area contributed by atoms with Crippen molar-refractivity contribution in [2.45, 2.75) is 12.5 Å². The molecule has 0 aliphatic heterocycles. The van der Waals surface area contributed by atoms with E-state index in [0.29, 0.717) is 11.1 Å². The third-order valence-electron chi connectivity index (χ3n) is 3.50. The molecule has 0 radical (unpaired) electrons. The SMILES string of the molecule is OC(Cc1cccc(F)c1Cl)c1cncc2ccccc12. The molecular weight excluding hydrogens is 289 g/mol. The molecule has 21 heavy (non-hydrogen) atoms. The molecule has 3 rings (SSSR count). The average Bonchev–Trinajstić information content (AvgIpc) is 2.51. The Hall–Kier alpha value is -1.97. The van der Waals surface area contributed by atoms with E-state index in [0.717, 1.165) is 10.8 Å². The summed E-state index contributed by atoms with van der Waals surface area (Å²) in [5.74, 6) is -0.475. The molecule has 0 spiro atoms. The molecule has 1 N–H and O–H groups in total. The van der Waals surface area contributed by atoms with Crippen LogP contribution in [0.4, 0.5) is 4.39 Å². The number of fused-ring (bicyclic) bond motifs is 1. The second-order valence-electron chi connectivity index (χ2n) is 4.88. The number of pyridine rings is 1. The van der Waals surface area contributed by atoms with Crippen molar-refractivity contribution >= 4 is 22.4 Å². The largest absolute Gasteiger partial charge is 0.388 e. The highest BCUT2D eigenvalue weighted by molar-refractivity contribution is 6.31. The van der Waals surface area contributed by atoms with Crippen molar-refractivity contribution in [1.82, 2.24) is 4.98 Å². The maximum Gasteiger partial charge on any atom is 0.142 e. The minimum absolute atomic E-state index is 0.0599. The van der Waals surface area contributed by atoms with Crippen LogP contribution < -0.4 is 0 Å². The van der Waals surface area contributed by atoms with Gasteiger partial charge in [0, 0.05) is 29.8 Å². The van der Waals surface area contributed by atoms with Gasteiger partial charge in [-0.05, 0) is 17.0 Å². The highest BCUT2D eigenvalue weighted by Crippen LogP contribution is 2.28. The minimum Gasteiger partial charge on any atom is -0.388 e. The van der Waals surface area contributed by atoms with E-state index in [-0.39, 0.29) is 11.4 Å². The van der Waals surface area contributed by atoms with Crippen molar-refractivity contribution in [3.8, 4) is 0 Å². The van der Waals surface area contributed by atoms with Crippen LogP contribution >= 0.6 is 11.6 Å². The molecular formula is C17H13ClFNO. The van der Waals surface area contributed by atoms with Crippen LogP contribution in [0.2, 0.25) is 5.02 Å². The quantitative estimate of drug-likeness (QED) is 0.782. The number of hydrogen-bond donors (Lipinski definition) is 1. The lowest BCUT2D eigenvalue weighted by Crippen LogP contribution is -2.04. The number of rotatable bonds is 3. The van der Waals surface area contributed by atoms with Crippen molar-refractivity contribution < 1.29 is 9.50 Å². The Morgan fingerprint density at radius 3 is 2.76 bits per heavy atom. The second kappa shape index (κ2) is 5.80. The number of aliphatic hydroxyl groups is 1. The first-order valence-corrected chi connectivity index (χ1v) is 6.98. The normalized spacial score (nSPS) is 12.5. The predicted octanol–water partition coefficient (Wildman–Crippen LogP) is 4.30. The number of benzene rings is 2. The monoisotopic (exact) mass is 301 g/mol. The minimum atomic E-state index is -0.789. The summed E-state index contributed by atoms with van der Waals surface area (Å²) in [6.45, 7) is 0. The molecule has 0 bridgehead atoms. The second-order valence-corrected chi connectivity index (χ2v) is 5.26. The van der Waals surface area contributed by atoms with E-state index in [2.05, 4.69) is 4.98 Å². The zero-order valence-corrected chi connectivity index (χ0v) is 11.9. The lowest BCUT2D eigenvalue weighted by Gasteiger charge is -2.14. The smallest absolute Gasteiger partial charge is 0.142 e. The van der Waals surface area contributed by atoms with Crippen molar-refractivity contribution in [2.75, 3.05) is 0 Å². The molecule has 1 unspecified atom stereocenters. The Labute approximate surface area is 126 Å². The molecule has 0 amide bonds. The Bertz CT molecular complexity index is 785. The molecule has 0 saturated carbocycles. The lowest BCUT2D eigenvalue weighted by atomic mass is 9.98. The van der Waals surface area contributed by atoms with Gasteiger partial charge in [-0.3, -0.25) is 4.98 Å². The van der Waals surface area contributed by atoms with Crippen LogP contribution in [-0.4, -0.2) is 10.1 Å². The molecule has 0 aliphatic rings. The van der Waals surface area contributed by atoms with Crippen molar-refractivity contribution in [3.05, 3.63) is 76.8 Å². The van der Waals surface area contributed by atoms with E-state index < -0.39 is 11.9 Å². The summed E-state index contributed by atoms with van der Waals surface area (Å²) in [7, 11) is 0. The van der Waals surface area contributed by atoms with Crippen LogP contribution in [0.1, 0.15) is 17.2 Å². The van der Waals surface area contributed by atoms with Gasteiger partial charge >= 0.3 is 0 Å². The summed E-state index contributed by atoms with van der Waals surface area (Å²) < 4.78 is 13.5. The van der Waals surface area contributed by atoms with Crippen LogP contribution in [0.15, 0.2) is 54.9 Å². The fourth-order valence-electron chi connectivity index (χ4n) is 2.43. The number of halogens is 2. The molecule has 0 aliphatic carbocycles. The maximum absolute atomic E-state index is 13.5.